The van der Waals surface area contributed by atoms with E-state index in [9.17, 15) is 14.0 Å². The number of carbonyl (C=O) groups excluding carboxylic acids is 2. The van der Waals surface area contributed by atoms with Gasteiger partial charge in [0, 0.05) is 10.6 Å². The largest absolute Gasteiger partial charge is 0.346 e. The highest BCUT2D eigenvalue weighted by Gasteiger charge is 2.16. The van der Waals surface area contributed by atoms with Crippen LogP contribution in [-0.2, 0) is 9.59 Å². The molecule has 26 heavy (non-hydrogen) atoms. The van der Waals surface area contributed by atoms with E-state index < -0.39 is 11.1 Å². The highest BCUT2D eigenvalue weighted by atomic mass is 35.5. The fourth-order valence-corrected chi connectivity index (χ4v) is 3.49. The van der Waals surface area contributed by atoms with Gasteiger partial charge < -0.3 is 10.6 Å². The minimum atomic E-state index is -0.503. The summed E-state index contributed by atoms with van der Waals surface area (Å²) in [5, 5.41) is 4.98. The first-order chi connectivity index (χ1) is 12.3. The molecule has 0 aliphatic rings. The predicted octanol–water partition coefficient (Wildman–Crippen LogP) is 4.33. The molecule has 138 valence electrons. The van der Waals surface area contributed by atoms with Crippen LogP contribution >= 0.6 is 23.4 Å². The van der Waals surface area contributed by atoms with Crippen molar-refractivity contribution in [2.45, 2.75) is 30.9 Å². The van der Waals surface area contributed by atoms with Crippen LogP contribution < -0.4 is 10.6 Å². The zero-order valence-corrected chi connectivity index (χ0v) is 16.3. The lowest BCUT2D eigenvalue weighted by atomic mass is 10.1. The maximum atomic E-state index is 13.2. The summed E-state index contributed by atoms with van der Waals surface area (Å²) in [5.41, 5.74) is 2.68. The van der Waals surface area contributed by atoms with E-state index in [1.807, 2.05) is 32.0 Å². The van der Waals surface area contributed by atoms with Gasteiger partial charge in [0.15, 0.2) is 0 Å². The summed E-state index contributed by atoms with van der Waals surface area (Å²) in [5.74, 6) is -1.08. The first-order valence-corrected chi connectivity index (χ1v) is 9.29. The van der Waals surface area contributed by atoms with Gasteiger partial charge in [-0.05, 0) is 50.1 Å². The molecule has 7 heteroatoms. The van der Waals surface area contributed by atoms with Gasteiger partial charge in [-0.3, -0.25) is 9.59 Å². The number of hydrogen-bond acceptors (Lipinski definition) is 3. The number of carbonyl (C=O) groups is 2. The third-order valence-electron chi connectivity index (χ3n) is 3.74. The third-order valence-corrected chi connectivity index (χ3v) is 5.13. The Morgan fingerprint density at radius 1 is 1.19 bits per heavy atom. The Balaban J connectivity index is 1.87. The van der Waals surface area contributed by atoms with Gasteiger partial charge in [0.2, 0.25) is 11.8 Å². The van der Waals surface area contributed by atoms with Crippen LogP contribution in [0.4, 0.5) is 10.1 Å². The minimum absolute atomic E-state index is 0.00980. The zero-order chi connectivity index (χ0) is 19.3. The van der Waals surface area contributed by atoms with E-state index in [0.717, 1.165) is 16.8 Å². The van der Waals surface area contributed by atoms with Gasteiger partial charge in [0.05, 0.1) is 16.8 Å². The Kier molecular flexibility index (Phi) is 7.06. The van der Waals surface area contributed by atoms with Gasteiger partial charge in [0.25, 0.3) is 0 Å². The number of anilines is 1. The second-order valence-electron chi connectivity index (χ2n) is 5.87. The first kappa shape index (κ1) is 20.3. The van der Waals surface area contributed by atoms with E-state index >= 15 is 0 Å². The van der Waals surface area contributed by atoms with Crippen LogP contribution in [0.15, 0.2) is 41.3 Å². The fourth-order valence-electron chi connectivity index (χ4n) is 2.31. The van der Waals surface area contributed by atoms with Crippen LogP contribution in [0.25, 0.3) is 0 Å². The lowest BCUT2D eigenvalue weighted by Crippen LogP contribution is -2.37. The summed E-state index contributed by atoms with van der Waals surface area (Å²) < 4.78 is 13.2. The second-order valence-corrected chi connectivity index (χ2v) is 7.69. The minimum Gasteiger partial charge on any atom is -0.346 e. The molecule has 0 heterocycles. The van der Waals surface area contributed by atoms with Crippen molar-refractivity contribution in [3.05, 3.63) is 58.4 Å². The number of benzene rings is 2. The van der Waals surface area contributed by atoms with Crippen LogP contribution in [0.1, 0.15) is 18.1 Å². The van der Waals surface area contributed by atoms with E-state index in [2.05, 4.69) is 10.6 Å². The molecule has 0 aliphatic heterocycles. The average Bonchev–Trinajstić information content (AvgIpc) is 2.59. The molecule has 0 bridgehead atoms. The summed E-state index contributed by atoms with van der Waals surface area (Å²) in [4.78, 5) is 24.9. The maximum Gasteiger partial charge on any atom is 0.243 e. The summed E-state index contributed by atoms with van der Waals surface area (Å²) in [7, 11) is 0. The molecule has 2 amide bonds. The monoisotopic (exact) mass is 394 g/mol. The number of hydrogen-bond donors (Lipinski definition) is 2. The van der Waals surface area contributed by atoms with Gasteiger partial charge in [-0.2, -0.15) is 0 Å². The van der Waals surface area contributed by atoms with Crippen LogP contribution in [0, 0.1) is 19.7 Å². The number of aryl methyl sites for hydroxylation is 2. The molecule has 0 saturated heterocycles. The predicted molar refractivity (Wildman–Crippen MR) is 104 cm³/mol. The number of halogens is 2. The van der Waals surface area contributed by atoms with Crippen LogP contribution in [0.3, 0.4) is 0 Å². The molecular weight excluding hydrogens is 375 g/mol. The lowest BCUT2D eigenvalue weighted by molar-refractivity contribution is -0.123. The number of thioether (sulfide) groups is 1. The molecule has 2 N–H and O–H groups in total. The molecule has 2 aromatic carbocycles. The number of nitrogens with one attached hydrogen (secondary N) is 2. The molecule has 0 spiro atoms. The molecular formula is C19H20ClFN2O2S. The van der Waals surface area contributed by atoms with Crippen LogP contribution in [-0.4, -0.2) is 23.6 Å². The van der Waals surface area contributed by atoms with Gasteiger partial charge in [0.1, 0.15) is 5.82 Å². The molecule has 2 rings (SSSR count). The van der Waals surface area contributed by atoms with E-state index in [-0.39, 0.29) is 23.4 Å². The fraction of sp³-hybridized carbons (Fsp3) is 0.263. The highest BCUT2D eigenvalue weighted by Crippen LogP contribution is 2.27. The van der Waals surface area contributed by atoms with E-state index in [1.165, 1.54) is 23.9 Å². The summed E-state index contributed by atoms with van der Waals surface area (Å²) in [6, 6.07) is 10.0. The van der Waals surface area contributed by atoms with Crippen LogP contribution in [0.5, 0.6) is 0 Å². The summed E-state index contributed by atoms with van der Waals surface area (Å²) in [6.07, 6.45) is 0. The molecule has 4 nitrogen and oxygen atoms in total. The van der Waals surface area contributed by atoms with Crippen molar-refractivity contribution in [1.29, 1.82) is 0 Å². The van der Waals surface area contributed by atoms with Crippen molar-refractivity contribution in [2.75, 3.05) is 11.9 Å². The number of amides is 2. The second kappa shape index (κ2) is 9.05. The van der Waals surface area contributed by atoms with Crippen molar-refractivity contribution < 1.29 is 14.0 Å². The first-order valence-electron chi connectivity index (χ1n) is 8.03. The molecule has 2 aromatic rings. The highest BCUT2D eigenvalue weighted by molar-refractivity contribution is 8.00. The molecule has 0 aromatic heterocycles. The Morgan fingerprint density at radius 3 is 2.46 bits per heavy atom. The molecule has 0 fully saturated rings. The molecule has 0 aliphatic carbocycles. The standard InChI is InChI=1S/C19H20ClFN2O2S/c1-11-5-4-6-12(2)18(11)23-17(24)10-22-19(25)13(3)26-14-7-8-16(21)15(20)9-14/h4-9,13H,10H2,1-3H3,(H,22,25)(H,23,24)/t13-/m0/s1. The number of para-hydroxylation sites is 1. The topological polar surface area (TPSA) is 58.2 Å². The van der Waals surface area contributed by atoms with Gasteiger partial charge in [-0.1, -0.05) is 29.8 Å². The lowest BCUT2D eigenvalue weighted by Gasteiger charge is -2.14. The molecule has 1 atom stereocenters. The Morgan fingerprint density at radius 2 is 1.85 bits per heavy atom. The Bertz CT molecular complexity index is 809. The third kappa shape index (κ3) is 5.47. The van der Waals surface area contributed by atoms with Gasteiger partial charge >= 0.3 is 0 Å². The number of rotatable bonds is 6. The van der Waals surface area contributed by atoms with E-state index in [1.54, 1.807) is 13.0 Å². The van der Waals surface area contributed by atoms with Crippen LogP contribution in [0.2, 0.25) is 5.02 Å². The summed E-state index contributed by atoms with van der Waals surface area (Å²) in [6.45, 7) is 5.41. The zero-order valence-electron chi connectivity index (χ0n) is 14.7. The SMILES string of the molecule is Cc1cccc(C)c1NC(=O)CNC(=O)[C@H](C)Sc1ccc(F)c(Cl)c1. The molecule has 0 saturated carbocycles. The Hall–Kier alpha value is -2.05. The van der Waals surface area contributed by atoms with Crippen molar-refractivity contribution in [3.8, 4) is 0 Å². The maximum absolute atomic E-state index is 13.2. The van der Waals surface area contributed by atoms with Crippen molar-refractivity contribution in [1.82, 2.24) is 5.32 Å². The van der Waals surface area contributed by atoms with Crippen molar-refractivity contribution in [2.24, 2.45) is 0 Å². The van der Waals surface area contributed by atoms with E-state index in [0.29, 0.717) is 4.90 Å². The van der Waals surface area contributed by atoms with Gasteiger partial charge in [-0.25, -0.2) is 4.39 Å². The average molecular weight is 395 g/mol. The van der Waals surface area contributed by atoms with Crippen molar-refractivity contribution >= 4 is 40.9 Å². The van der Waals surface area contributed by atoms with E-state index in [4.69, 9.17) is 11.6 Å². The molecule has 0 unspecified atom stereocenters. The van der Waals surface area contributed by atoms with Gasteiger partial charge in [-0.15, -0.1) is 11.8 Å². The summed E-state index contributed by atoms with van der Waals surface area (Å²) >= 11 is 6.98. The quantitative estimate of drug-likeness (QED) is 0.717. The smallest absolute Gasteiger partial charge is 0.243 e. The normalized spacial score (nSPS) is 11.7. The molecule has 0 radical (unpaired) electrons. The van der Waals surface area contributed by atoms with Crippen molar-refractivity contribution in [3.63, 3.8) is 0 Å². The Labute approximate surface area is 161 Å².